The Bertz CT molecular complexity index is 1250. The van der Waals surface area contributed by atoms with Crippen LogP contribution in [0.4, 0.5) is 0 Å². The fourth-order valence-corrected chi connectivity index (χ4v) is 5.08. The van der Waals surface area contributed by atoms with Gasteiger partial charge in [0, 0.05) is 11.3 Å². The molecule has 1 aromatic carbocycles. The summed E-state index contributed by atoms with van der Waals surface area (Å²) in [6, 6.07) is 5.32. The molecule has 8 nitrogen and oxygen atoms in total. The van der Waals surface area contributed by atoms with Crippen molar-refractivity contribution < 1.29 is 14.9 Å². The SMILES string of the molecule is CC(C)(O)CCOc1ccc(-n2cc([C@H](O)c3c(C4CC4)sc4cncn34)nn2)cc1Cl. The molecule has 0 spiro atoms. The van der Waals surface area contributed by atoms with Crippen molar-refractivity contribution in [2.24, 2.45) is 0 Å². The molecule has 1 atom stereocenters. The van der Waals surface area contributed by atoms with Crippen LogP contribution >= 0.6 is 22.9 Å². The Hall–Kier alpha value is -2.46. The molecule has 32 heavy (non-hydrogen) atoms. The molecule has 4 aromatic rings. The van der Waals surface area contributed by atoms with E-state index in [0.717, 1.165) is 23.4 Å². The quantitative estimate of drug-likeness (QED) is 0.399. The van der Waals surface area contributed by atoms with Crippen molar-refractivity contribution in [2.45, 2.75) is 50.7 Å². The van der Waals surface area contributed by atoms with Gasteiger partial charge in [0.25, 0.3) is 0 Å². The van der Waals surface area contributed by atoms with E-state index in [9.17, 15) is 10.2 Å². The number of nitrogens with zero attached hydrogens (tertiary/aromatic N) is 5. The van der Waals surface area contributed by atoms with Crippen LogP contribution in [0.5, 0.6) is 5.75 Å². The van der Waals surface area contributed by atoms with Crippen molar-refractivity contribution in [3.8, 4) is 11.4 Å². The Morgan fingerprint density at radius 1 is 1.34 bits per heavy atom. The molecule has 168 valence electrons. The van der Waals surface area contributed by atoms with Crippen molar-refractivity contribution in [3.05, 3.63) is 58.2 Å². The minimum absolute atomic E-state index is 0.356. The van der Waals surface area contributed by atoms with Crippen LogP contribution in [0, 0.1) is 0 Å². The van der Waals surface area contributed by atoms with E-state index in [1.807, 2.05) is 16.7 Å². The average molecular weight is 474 g/mol. The van der Waals surface area contributed by atoms with Crippen molar-refractivity contribution >= 4 is 27.8 Å². The first-order valence-electron chi connectivity index (χ1n) is 10.5. The lowest BCUT2D eigenvalue weighted by Crippen LogP contribution is -2.21. The van der Waals surface area contributed by atoms with Gasteiger partial charge in [0.2, 0.25) is 0 Å². The summed E-state index contributed by atoms with van der Waals surface area (Å²) in [7, 11) is 0. The van der Waals surface area contributed by atoms with Crippen LogP contribution in [-0.2, 0) is 0 Å². The fourth-order valence-electron chi connectivity index (χ4n) is 3.56. The molecule has 3 aromatic heterocycles. The van der Waals surface area contributed by atoms with Crippen LogP contribution in [-0.4, -0.2) is 46.8 Å². The Labute approximate surface area is 194 Å². The lowest BCUT2D eigenvalue weighted by atomic mass is 10.1. The summed E-state index contributed by atoms with van der Waals surface area (Å²) in [5, 5.41) is 29.8. The highest BCUT2D eigenvalue weighted by Gasteiger charge is 2.33. The topological polar surface area (TPSA) is 97.7 Å². The Morgan fingerprint density at radius 3 is 2.88 bits per heavy atom. The number of hydrogen-bond acceptors (Lipinski definition) is 7. The van der Waals surface area contributed by atoms with Gasteiger partial charge in [-0.2, -0.15) is 0 Å². The molecule has 10 heteroatoms. The molecule has 1 saturated carbocycles. The number of imidazole rings is 1. The molecule has 0 radical (unpaired) electrons. The molecule has 0 amide bonds. The molecule has 0 unspecified atom stereocenters. The number of aliphatic hydroxyl groups is 2. The van der Waals surface area contributed by atoms with E-state index in [1.54, 1.807) is 54.5 Å². The van der Waals surface area contributed by atoms with Crippen molar-refractivity contribution in [1.82, 2.24) is 24.4 Å². The monoisotopic (exact) mass is 473 g/mol. The van der Waals surface area contributed by atoms with Crippen molar-refractivity contribution in [2.75, 3.05) is 6.61 Å². The number of rotatable bonds is 8. The van der Waals surface area contributed by atoms with Gasteiger partial charge in [0.15, 0.2) is 0 Å². The first-order valence-corrected chi connectivity index (χ1v) is 11.7. The van der Waals surface area contributed by atoms with Gasteiger partial charge >= 0.3 is 0 Å². The smallest absolute Gasteiger partial charge is 0.141 e. The molecular formula is C22H24ClN5O3S. The van der Waals surface area contributed by atoms with E-state index in [2.05, 4.69) is 15.3 Å². The number of hydrogen-bond donors (Lipinski definition) is 2. The van der Waals surface area contributed by atoms with Gasteiger partial charge in [-0.05, 0) is 50.8 Å². The number of fused-ring (bicyclic) bond motifs is 1. The highest BCUT2D eigenvalue weighted by atomic mass is 35.5. The van der Waals surface area contributed by atoms with Crippen LogP contribution in [0.2, 0.25) is 5.02 Å². The van der Waals surface area contributed by atoms with Gasteiger partial charge in [-0.3, -0.25) is 4.40 Å². The maximum absolute atomic E-state index is 11.2. The maximum Gasteiger partial charge on any atom is 0.141 e. The Balaban J connectivity index is 1.37. The predicted octanol–water partition coefficient (Wildman–Crippen LogP) is 4.13. The van der Waals surface area contributed by atoms with E-state index in [0.29, 0.717) is 41.1 Å². The molecule has 5 rings (SSSR count). The zero-order valence-electron chi connectivity index (χ0n) is 17.8. The summed E-state index contributed by atoms with van der Waals surface area (Å²) in [5.74, 6) is 1.04. The van der Waals surface area contributed by atoms with Gasteiger partial charge in [-0.15, -0.1) is 16.4 Å². The lowest BCUT2D eigenvalue weighted by Gasteiger charge is -2.17. The second-order valence-electron chi connectivity index (χ2n) is 8.74. The highest BCUT2D eigenvalue weighted by Crippen LogP contribution is 2.47. The van der Waals surface area contributed by atoms with Crippen molar-refractivity contribution in [1.29, 1.82) is 0 Å². The number of benzene rings is 1. The van der Waals surface area contributed by atoms with Crippen LogP contribution in [0.3, 0.4) is 0 Å². The van der Waals surface area contributed by atoms with E-state index < -0.39 is 11.7 Å². The molecule has 3 heterocycles. The summed E-state index contributed by atoms with van der Waals surface area (Å²) in [6.45, 7) is 3.83. The number of aliphatic hydroxyl groups excluding tert-OH is 1. The zero-order chi connectivity index (χ0) is 22.5. The van der Waals surface area contributed by atoms with E-state index in [-0.39, 0.29) is 0 Å². The molecule has 2 N–H and O–H groups in total. The Morgan fingerprint density at radius 2 is 2.16 bits per heavy atom. The summed E-state index contributed by atoms with van der Waals surface area (Å²) >= 11 is 8.07. The van der Waals surface area contributed by atoms with Crippen LogP contribution in [0.1, 0.15) is 61.4 Å². The number of thiazole rings is 1. The predicted molar refractivity (Wildman–Crippen MR) is 122 cm³/mol. The van der Waals surface area contributed by atoms with E-state index in [1.165, 1.54) is 4.88 Å². The highest BCUT2D eigenvalue weighted by molar-refractivity contribution is 7.17. The molecule has 1 aliphatic carbocycles. The minimum Gasteiger partial charge on any atom is -0.492 e. The largest absolute Gasteiger partial charge is 0.492 e. The van der Waals surface area contributed by atoms with E-state index >= 15 is 0 Å². The van der Waals surface area contributed by atoms with E-state index in [4.69, 9.17) is 16.3 Å². The number of halogens is 1. The van der Waals surface area contributed by atoms with Crippen LogP contribution < -0.4 is 4.74 Å². The minimum atomic E-state index is -0.901. The summed E-state index contributed by atoms with van der Waals surface area (Å²) in [6.07, 6.45) is 7.14. The molecule has 0 aliphatic heterocycles. The standard InChI is InChI=1S/C22H24ClN5O3S/c1-22(2,30)7-8-31-17-6-5-14(9-15(17)23)28-11-16(25-26-28)20(29)19-21(13-3-4-13)32-18-10-24-12-27(18)19/h5-6,9-13,20,29-30H,3-4,7-8H2,1-2H3/t20-/m0/s1. The fraction of sp³-hybridized carbons (Fsp3) is 0.409. The molecule has 1 aliphatic rings. The van der Waals surface area contributed by atoms with Gasteiger partial charge in [-0.1, -0.05) is 16.8 Å². The second-order valence-corrected chi connectivity index (χ2v) is 10.2. The summed E-state index contributed by atoms with van der Waals surface area (Å²) in [5.41, 5.74) is 1.19. The molecule has 0 saturated heterocycles. The number of ether oxygens (including phenoxy) is 1. The molecule has 1 fully saturated rings. The van der Waals surface area contributed by atoms with Crippen LogP contribution in [0.15, 0.2) is 36.9 Å². The van der Waals surface area contributed by atoms with Crippen LogP contribution in [0.25, 0.3) is 10.5 Å². The first-order chi connectivity index (χ1) is 15.3. The third kappa shape index (κ3) is 4.25. The van der Waals surface area contributed by atoms with Gasteiger partial charge < -0.3 is 14.9 Å². The molecule has 0 bridgehead atoms. The van der Waals surface area contributed by atoms with Gasteiger partial charge in [0.05, 0.1) is 41.0 Å². The lowest BCUT2D eigenvalue weighted by molar-refractivity contribution is 0.0553. The normalized spacial score (nSPS) is 15.4. The molecular weight excluding hydrogens is 450 g/mol. The third-order valence-corrected chi connectivity index (χ3v) is 7.05. The van der Waals surface area contributed by atoms with Gasteiger partial charge in [0.1, 0.15) is 28.7 Å². The number of aromatic nitrogens is 5. The first kappa shape index (κ1) is 21.4. The zero-order valence-corrected chi connectivity index (χ0v) is 19.3. The third-order valence-electron chi connectivity index (χ3n) is 5.48. The maximum atomic E-state index is 11.2. The van der Waals surface area contributed by atoms with Crippen molar-refractivity contribution in [3.63, 3.8) is 0 Å². The van der Waals surface area contributed by atoms with Gasteiger partial charge in [-0.25, -0.2) is 9.67 Å². The second kappa shape index (κ2) is 8.15. The Kier molecular flexibility index (Phi) is 5.45. The summed E-state index contributed by atoms with van der Waals surface area (Å²) < 4.78 is 9.21. The summed E-state index contributed by atoms with van der Waals surface area (Å²) in [4.78, 5) is 6.41. The average Bonchev–Trinajstić information content (AvgIpc) is 3.13.